The third-order valence-electron chi connectivity index (χ3n) is 11.9. The van der Waals surface area contributed by atoms with E-state index in [1.165, 1.54) is 22.3 Å². The molecule has 0 bridgehead atoms. The van der Waals surface area contributed by atoms with Gasteiger partial charge < -0.3 is 40.3 Å². The summed E-state index contributed by atoms with van der Waals surface area (Å²) in [4.78, 5) is 0. The summed E-state index contributed by atoms with van der Waals surface area (Å²) >= 11 is 0. The number of ether oxygens (including phenoxy) is 2. The molecule has 6 N–H and O–H groups in total. The van der Waals surface area contributed by atoms with E-state index in [0.717, 1.165) is 51.5 Å². The predicted octanol–water partition coefficient (Wildman–Crippen LogP) is 2.59. The van der Waals surface area contributed by atoms with Crippen molar-refractivity contribution in [1.29, 1.82) is 0 Å². The van der Waals surface area contributed by atoms with E-state index in [1.807, 2.05) is 0 Å². The number of hydrogen-bond donors (Lipinski definition) is 6. The molecule has 2 saturated heterocycles. The minimum Gasteiger partial charge on any atom is -0.394 e. The van der Waals surface area contributed by atoms with E-state index in [0.29, 0.717) is 23.7 Å². The second-order valence-corrected chi connectivity index (χ2v) is 14.3. The first-order chi connectivity index (χ1) is 19.5. The van der Waals surface area contributed by atoms with Crippen molar-refractivity contribution in [3.8, 4) is 0 Å². The summed E-state index contributed by atoms with van der Waals surface area (Å²) in [5.74, 6) is 2.36. The fourth-order valence-electron chi connectivity index (χ4n) is 9.41. The van der Waals surface area contributed by atoms with Crippen LogP contribution in [0, 0.1) is 35.0 Å². The van der Waals surface area contributed by atoms with Crippen molar-refractivity contribution < 1.29 is 35.0 Å². The highest BCUT2D eigenvalue weighted by atomic mass is 16.7. The zero-order valence-corrected chi connectivity index (χ0v) is 25.1. The molecule has 2 unspecified atom stereocenters. The zero-order chi connectivity index (χ0) is 29.2. The molecular formula is C33H51NO7. The normalized spacial score (nSPS) is 49.0. The van der Waals surface area contributed by atoms with Gasteiger partial charge in [-0.2, -0.15) is 0 Å². The van der Waals surface area contributed by atoms with E-state index in [2.05, 4.69) is 45.2 Å². The van der Waals surface area contributed by atoms with Crippen molar-refractivity contribution in [3.63, 3.8) is 0 Å². The molecule has 1 saturated carbocycles. The Morgan fingerprint density at radius 3 is 2.68 bits per heavy atom. The Labute approximate surface area is 244 Å². The summed E-state index contributed by atoms with van der Waals surface area (Å²) in [6, 6.07) is 0.00923. The van der Waals surface area contributed by atoms with Gasteiger partial charge in [-0.25, -0.2) is 0 Å². The minimum atomic E-state index is -1.45. The van der Waals surface area contributed by atoms with Crippen LogP contribution in [0.4, 0.5) is 0 Å². The molecule has 6 aliphatic rings. The second-order valence-electron chi connectivity index (χ2n) is 14.3. The first-order valence-corrected chi connectivity index (χ1v) is 16.0. The van der Waals surface area contributed by atoms with Crippen LogP contribution in [0.15, 0.2) is 34.4 Å². The number of allylic oxidation sites excluding steroid dienone is 4. The van der Waals surface area contributed by atoms with Crippen LogP contribution in [0.3, 0.4) is 0 Å². The van der Waals surface area contributed by atoms with Gasteiger partial charge in [-0.3, -0.25) is 0 Å². The summed E-state index contributed by atoms with van der Waals surface area (Å²) in [5.41, 5.74) is 6.06. The molecule has 0 aromatic heterocycles. The molecule has 0 aromatic carbocycles. The number of aliphatic hydroxyl groups is 5. The van der Waals surface area contributed by atoms with E-state index in [9.17, 15) is 25.5 Å². The SMILES string of the molecule is CC1=C([C@H](C)[C@@H]2NC[C@@H](C)CC2O[C@@H]2O[C@H](CO)[C@@H](O)[C@H](O)[C@H]2O)CC[C@@H]2C1=C[C@H]1[C@H]2CC=C2CC(O)CC[C@@]21C. The summed E-state index contributed by atoms with van der Waals surface area (Å²) in [6.45, 7) is 9.61. The highest BCUT2D eigenvalue weighted by molar-refractivity contribution is 5.46. The second kappa shape index (κ2) is 11.4. The van der Waals surface area contributed by atoms with Gasteiger partial charge in [0.2, 0.25) is 0 Å². The molecule has 3 fully saturated rings. The number of piperidine rings is 1. The summed E-state index contributed by atoms with van der Waals surface area (Å²) in [7, 11) is 0. The highest BCUT2D eigenvalue weighted by Crippen LogP contribution is 2.61. The Morgan fingerprint density at radius 2 is 1.93 bits per heavy atom. The van der Waals surface area contributed by atoms with Crippen LogP contribution >= 0.6 is 0 Å². The van der Waals surface area contributed by atoms with Crippen molar-refractivity contribution in [2.24, 2.45) is 35.0 Å². The molecule has 14 atom stereocenters. The van der Waals surface area contributed by atoms with Gasteiger partial charge in [0.15, 0.2) is 6.29 Å². The van der Waals surface area contributed by atoms with Gasteiger partial charge in [0, 0.05) is 6.04 Å². The fourth-order valence-corrected chi connectivity index (χ4v) is 9.41. The van der Waals surface area contributed by atoms with E-state index in [1.54, 1.807) is 0 Å². The Balaban J connectivity index is 1.23. The number of rotatable bonds is 5. The van der Waals surface area contributed by atoms with Crippen LogP contribution in [0.5, 0.6) is 0 Å². The third kappa shape index (κ3) is 5.10. The van der Waals surface area contributed by atoms with Gasteiger partial charge in [0.1, 0.15) is 24.4 Å². The number of nitrogens with one attached hydrogen (secondary N) is 1. The van der Waals surface area contributed by atoms with Crippen molar-refractivity contribution in [2.75, 3.05) is 13.2 Å². The van der Waals surface area contributed by atoms with Crippen molar-refractivity contribution >= 4 is 0 Å². The molecule has 0 radical (unpaired) electrons. The summed E-state index contributed by atoms with van der Waals surface area (Å²) in [6.07, 6.45) is 5.18. The third-order valence-corrected chi connectivity index (χ3v) is 11.9. The fraction of sp³-hybridized carbons (Fsp3) is 0.818. The van der Waals surface area contributed by atoms with E-state index in [4.69, 9.17) is 9.47 Å². The van der Waals surface area contributed by atoms with Crippen LogP contribution in [0.1, 0.15) is 72.6 Å². The van der Waals surface area contributed by atoms with Crippen LogP contribution in [0.2, 0.25) is 0 Å². The molecule has 4 aliphatic carbocycles. The molecular weight excluding hydrogens is 522 g/mol. The van der Waals surface area contributed by atoms with Crippen LogP contribution in [-0.2, 0) is 9.47 Å². The molecule has 0 spiro atoms. The standard InChI is InChI=1S/C33H51NO7/c1-16-11-26(40-32-31(39)30(38)29(37)27(15-35)41-32)28(34-14-16)18(3)21-7-8-22-23-6-5-19-12-20(36)9-10-33(19,4)25(23)13-24(22)17(21)2/h5,13,16,18,20,22-23,25-32,34-39H,6-12,14-15H2,1-4H3/t16-,18-,20?,22-,23-,25-,26?,27+,28-,29+,30-,31+,32+,33-/m0/s1. The van der Waals surface area contributed by atoms with Gasteiger partial charge >= 0.3 is 0 Å². The summed E-state index contributed by atoms with van der Waals surface area (Å²) in [5, 5.41) is 54.9. The van der Waals surface area contributed by atoms with Gasteiger partial charge in [0.25, 0.3) is 0 Å². The molecule has 41 heavy (non-hydrogen) atoms. The topological polar surface area (TPSA) is 132 Å². The van der Waals surface area contributed by atoms with Crippen molar-refractivity contribution in [1.82, 2.24) is 5.32 Å². The van der Waals surface area contributed by atoms with Crippen LogP contribution in [0.25, 0.3) is 0 Å². The minimum absolute atomic E-state index is 0.00923. The molecule has 8 heteroatoms. The molecule has 2 heterocycles. The smallest absolute Gasteiger partial charge is 0.187 e. The van der Waals surface area contributed by atoms with Gasteiger partial charge in [-0.15, -0.1) is 0 Å². The lowest BCUT2D eigenvalue weighted by Crippen LogP contribution is -2.62. The van der Waals surface area contributed by atoms with Gasteiger partial charge in [-0.1, -0.05) is 44.1 Å². The number of fused-ring (bicyclic) bond motifs is 5. The maximum atomic E-state index is 10.7. The van der Waals surface area contributed by atoms with E-state index in [-0.39, 0.29) is 29.6 Å². The first kappa shape index (κ1) is 29.9. The molecule has 6 rings (SSSR count). The molecule has 0 aromatic rings. The Hall–Kier alpha value is -1.10. The lowest BCUT2D eigenvalue weighted by atomic mass is 9.56. The van der Waals surface area contributed by atoms with E-state index >= 15 is 0 Å². The quantitative estimate of drug-likeness (QED) is 0.277. The Bertz CT molecular complexity index is 1090. The monoisotopic (exact) mass is 573 g/mol. The lowest BCUT2D eigenvalue weighted by molar-refractivity contribution is -0.315. The molecule has 230 valence electrons. The van der Waals surface area contributed by atoms with Crippen LogP contribution < -0.4 is 5.32 Å². The average molecular weight is 574 g/mol. The van der Waals surface area contributed by atoms with Gasteiger partial charge in [0.05, 0.1) is 18.8 Å². The van der Waals surface area contributed by atoms with Gasteiger partial charge in [-0.05, 0) is 105 Å². The molecule has 2 aliphatic heterocycles. The Kier molecular flexibility index (Phi) is 8.35. The molecule has 8 nitrogen and oxygen atoms in total. The Morgan fingerprint density at radius 1 is 1.15 bits per heavy atom. The summed E-state index contributed by atoms with van der Waals surface area (Å²) < 4.78 is 12.1. The number of aliphatic hydroxyl groups excluding tert-OH is 5. The molecule has 0 amide bonds. The highest BCUT2D eigenvalue weighted by Gasteiger charge is 2.52. The first-order valence-electron chi connectivity index (χ1n) is 16.0. The maximum absolute atomic E-state index is 10.7. The van der Waals surface area contributed by atoms with Crippen molar-refractivity contribution in [3.05, 3.63) is 34.4 Å². The zero-order valence-electron chi connectivity index (χ0n) is 25.1. The number of hydrogen-bond acceptors (Lipinski definition) is 8. The average Bonchev–Trinajstić information content (AvgIpc) is 3.35. The predicted molar refractivity (Wildman–Crippen MR) is 155 cm³/mol. The largest absolute Gasteiger partial charge is 0.394 e. The lowest BCUT2D eigenvalue weighted by Gasteiger charge is -2.49. The maximum Gasteiger partial charge on any atom is 0.187 e. The van der Waals surface area contributed by atoms with Crippen molar-refractivity contribution in [2.45, 2.75) is 122 Å². The van der Waals surface area contributed by atoms with E-state index < -0.39 is 37.3 Å². The van der Waals surface area contributed by atoms with Crippen LogP contribution in [-0.4, -0.2) is 87.6 Å².